The third-order valence-corrected chi connectivity index (χ3v) is 23.0. The second kappa shape index (κ2) is 24.1. The molecule has 4 rings (SSSR count). The fourth-order valence-electron chi connectivity index (χ4n) is 12.1. The van der Waals surface area contributed by atoms with Crippen molar-refractivity contribution in [1.82, 2.24) is 9.44 Å². The highest BCUT2D eigenvalue weighted by Gasteiger charge is 2.76. The summed E-state index contributed by atoms with van der Waals surface area (Å²) in [6, 6.07) is 0. The summed E-state index contributed by atoms with van der Waals surface area (Å²) in [5, 5.41) is 77.3. The smallest absolute Gasteiger partial charge is 0.371 e. The van der Waals surface area contributed by atoms with Gasteiger partial charge in [0.1, 0.15) is 23.6 Å². The Morgan fingerprint density at radius 2 is 0.818 bits per heavy atom. The maximum Gasteiger partial charge on any atom is 0.371 e. The fourth-order valence-corrected chi connectivity index (χ4v) is 15.9. The van der Waals surface area contributed by atoms with Gasteiger partial charge in [-0.25, -0.2) is 56.3 Å². The largest absolute Gasteiger partial charge is 0.735 e. The van der Waals surface area contributed by atoms with Gasteiger partial charge in [0.05, 0.1) is 89.6 Å². The van der Waals surface area contributed by atoms with Crippen LogP contribution in [0.25, 0.3) is 0 Å². The van der Waals surface area contributed by atoms with E-state index in [1.807, 2.05) is 16.2 Å². The summed E-state index contributed by atoms with van der Waals surface area (Å²) >= 11 is 0. The van der Waals surface area contributed by atoms with Gasteiger partial charge in [0.25, 0.3) is 5.95 Å². The number of carboxylic acids is 1. The lowest BCUT2D eigenvalue weighted by molar-refractivity contribution is -0.353. The Morgan fingerprint density at radius 1 is 0.500 bits per heavy atom. The first-order chi connectivity index (χ1) is 38.4. The molecule has 0 aromatic carbocycles. The number of aliphatic carboxylic acids is 1. The highest BCUT2D eigenvalue weighted by molar-refractivity contribution is 7.84. The van der Waals surface area contributed by atoms with E-state index in [-0.39, 0.29) is 11.1 Å². The number of ether oxygens (including phenoxy) is 6. The van der Waals surface area contributed by atoms with Gasteiger partial charge in [-0.05, 0) is 125 Å². The van der Waals surface area contributed by atoms with Crippen molar-refractivity contribution in [3.05, 3.63) is 22.9 Å². The zero-order chi connectivity index (χ0) is 70.4. The molecule has 14 unspecified atom stereocenters. The van der Waals surface area contributed by atoms with Gasteiger partial charge in [0, 0.05) is 11.1 Å². The molecule has 0 aliphatic carbocycles. The lowest BCUT2D eigenvalue weighted by Gasteiger charge is -2.69. The summed E-state index contributed by atoms with van der Waals surface area (Å²) in [4.78, 5) is 19.9. The maximum absolute atomic E-state index is 12.1. The molecule has 35 nitrogen and oxygen atoms in total. The van der Waals surface area contributed by atoms with Crippen LogP contribution in [-0.4, -0.2) is 231 Å². The van der Waals surface area contributed by atoms with E-state index in [1.165, 1.54) is 76.2 Å². The SMILES string of the molecule is C=O.CC1=C(C(=O)O)OC(C)(COCC2(C)C(C)(CO)OC(C)(C)C(C)(NS(=O)(=O)[O-])C2(C)O)C(C)(OS(=O)(=O)[O-])C1(C)O.CC1=C(O)OC(C)(COCC2(C)C(C)(COS(=O)(=O)[O-])OC(C)(C)C(C)(NS(=O)(=O)[O-])C2(C)O)C(C)(OS(=O)(=O)[O-])C1(C)O. The summed E-state index contributed by atoms with van der Waals surface area (Å²) in [5.74, 6) is -3.26. The average Bonchev–Trinajstić information content (AvgIpc) is 0.727. The Balaban J connectivity index is 0.000000584. The van der Waals surface area contributed by atoms with Gasteiger partial charge < -0.3 is 91.7 Å². The lowest BCUT2D eigenvalue weighted by Crippen LogP contribution is -2.85. The molecule has 2 saturated heterocycles. The van der Waals surface area contributed by atoms with Gasteiger partial charge in [-0.15, -0.1) is 0 Å². The van der Waals surface area contributed by atoms with Crippen LogP contribution in [0.1, 0.15) is 138 Å². The Labute approximate surface area is 513 Å². The van der Waals surface area contributed by atoms with Crippen LogP contribution in [0.5, 0.6) is 0 Å². The normalized spacial score (nSPS) is 41.3. The van der Waals surface area contributed by atoms with Crippen LogP contribution in [0.3, 0.4) is 0 Å². The van der Waals surface area contributed by atoms with E-state index < -0.39 is 198 Å². The molecule has 14 atom stereocenters. The molecule has 4 aliphatic rings. The number of carbonyl (C=O) groups is 2. The predicted molar refractivity (Wildman–Crippen MR) is 293 cm³/mol. The molecule has 40 heteroatoms. The number of hydrogen-bond donors (Lipinski definition) is 9. The predicted octanol–water partition coefficient (Wildman–Crippen LogP) is -1.74. The average molecular weight is 1380 g/mol. The van der Waals surface area contributed by atoms with Crippen molar-refractivity contribution >= 4 is 64.6 Å². The van der Waals surface area contributed by atoms with E-state index in [4.69, 9.17) is 41.6 Å². The Morgan fingerprint density at radius 3 is 1.12 bits per heavy atom. The van der Waals surface area contributed by atoms with Crippen molar-refractivity contribution in [2.45, 2.75) is 217 Å². The number of aliphatic hydroxyl groups excluding tert-OH is 2. The van der Waals surface area contributed by atoms with Crippen LogP contribution in [0, 0.1) is 10.8 Å². The Kier molecular flexibility index (Phi) is 22.2. The topological polar surface area (TPSA) is 569 Å². The van der Waals surface area contributed by atoms with Crippen LogP contribution in [0.4, 0.5) is 0 Å². The Hall–Kier alpha value is -2.99. The molecular formula is C48H83N2O33S5-5. The molecule has 0 aromatic rings. The molecule has 518 valence electrons. The standard InChI is InChI=1S/C24H43NO15S2.C23H43NO17S3.CH2O/c1-14-15(16(27)28)38-20(6,24(10,21(14,7)29)40-42(34,35)36)13-37-12-18(4)19(5,11-26)39-17(2,3)22(8,23(18,9)30)25-41(31,32)33;1-14-15(25)39-19(6,23(10,20(14,7)26)41-44(34,35)36)12-37-11-17(4)18(5,13-38-43(31,32)33)40-16(2,3)21(8,22(17,9)27)24-42(28,29)30;1-2/h25-26,29-30H,11-13H2,1-10H3,(H,27,28)(H,31,32,33)(H,34,35,36);24-27H,11-13H2,1-10H3,(H,28,29,30)(H,31,32,33)(H,34,35,36);1H2/p-5. The summed E-state index contributed by atoms with van der Waals surface area (Å²) in [6.07, 6.45) is 0. The minimum atomic E-state index is -5.53. The van der Waals surface area contributed by atoms with E-state index in [0.29, 0.717) is 0 Å². The van der Waals surface area contributed by atoms with Crippen molar-refractivity contribution in [3.8, 4) is 0 Å². The lowest BCUT2D eigenvalue weighted by atomic mass is 9.52. The molecule has 0 amide bonds. The van der Waals surface area contributed by atoms with E-state index in [2.05, 4.69) is 4.18 Å². The maximum atomic E-state index is 12.1. The molecule has 0 saturated carbocycles. The van der Waals surface area contributed by atoms with Crippen molar-refractivity contribution < 1.29 is 151 Å². The van der Waals surface area contributed by atoms with Crippen molar-refractivity contribution in [3.63, 3.8) is 0 Å². The van der Waals surface area contributed by atoms with Crippen LogP contribution in [0.15, 0.2) is 22.9 Å². The minimum absolute atomic E-state index is 0.303. The summed E-state index contributed by atoms with van der Waals surface area (Å²) in [6.45, 7) is 21.2. The van der Waals surface area contributed by atoms with Gasteiger partial charge >= 0.3 is 5.97 Å². The van der Waals surface area contributed by atoms with Crippen molar-refractivity contribution in [2.75, 3.05) is 39.6 Å². The van der Waals surface area contributed by atoms with E-state index in [0.717, 1.165) is 62.3 Å². The molecule has 88 heavy (non-hydrogen) atoms. The number of rotatable bonds is 21. The second-order valence-electron chi connectivity index (χ2n) is 25.7. The highest BCUT2D eigenvalue weighted by Crippen LogP contribution is 2.61. The number of carboxylic acid groups (broad SMARTS) is 1. The first-order valence-corrected chi connectivity index (χ1v) is 32.7. The second-order valence-corrected chi connectivity index (χ2v) is 31.0. The van der Waals surface area contributed by atoms with Crippen molar-refractivity contribution in [1.29, 1.82) is 0 Å². The number of aliphatic hydroxyl groups is 6. The van der Waals surface area contributed by atoms with Crippen molar-refractivity contribution in [2.24, 2.45) is 10.8 Å². The highest BCUT2D eigenvalue weighted by atomic mass is 32.3. The molecule has 0 aromatic heterocycles. The summed E-state index contributed by atoms with van der Waals surface area (Å²) in [5.41, 5.74) is -34.6. The molecule has 4 heterocycles. The zero-order valence-corrected chi connectivity index (χ0v) is 56.3. The van der Waals surface area contributed by atoms with Gasteiger partial charge in [-0.3, -0.25) is 12.5 Å². The molecule has 9 N–H and O–H groups in total. The zero-order valence-electron chi connectivity index (χ0n) is 52.2. The number of carbonyl (C=O) groups excluding carboxylic acids is 1. The molecule has 4 aliphatic heterocycles. The Bertz CT molecular complexity index is 3310. The summed E-state index contributed by atoms with van der Waals surface area (Å²) in [7, 11) is -26.9. The number of nitrogens with one attached hydrogen (secondary N) is 2. The molecule has 0 spiro atoms. The number of hydrogen-bond acceptors (Lipinski definition) is 32. The quantitative estimate of drug-likeness (QED) is 0.0455. The minimum Gasteiger partial charge on any atom is -0.735 e. The summed E-state index contributed by atoms with van der Waals surface area (Å²) < 4.78 is 229. The molecule has 0 bridgehead atoms. The third-order valence-electron chi connectivity index (χ3n) is 20.2. The van der Waals surface area contributed by atoms with Gasteiger partial charge in [-0.2, -0.15) is 0 Å². The van der Waals surface area contributed by atoms with Gasteiger partial charge in [0.15, 0.2) is 43.0 Å². The van der Waals surface area contributed by atoms with Gasteiger partial charge in [0.2, 0.25) is 37.0 Å². The first kappa shape index (κ1) is 81.1. The molecule has 2 fully saturated rings. The van der Waals surface area contributed by atoms with E-state index in [9.17, 15) is 105 Å². The van der Waals surface area contributed by atoms with Crippen LogP contribution < -0.4 is 9.44 Å². The van der Waals surface area contributed by atoms with E-state index >= 15 is 0 Å². The van der Waals surface area contributed by atoms with E-state index in [1.54, 1.807) is 0 Å². The van der Waals surface area contributed by atoms with Gasteiger partial charge in [-0.1, -0.05) is 13.8 Å². The first-order valence-electron chi connectivity index (χ1n) is 25.9. The third kappa shape index (κ3) is 13.8. The fraction of sp³-hybridized carbons (Fsp3) is 0.875. The van der Waals surface area contributed by atoms with Crippen LogP contribution in [0.2, 0.25) is 0 Å². The van der Waals surface area contributed by atoms with Crippen LogP contribution >= 0.6 is 0 Å². The molecule has 0 radical (unpaired) electrons. The monoisotopic (exact) mass is 1380 g/mol. The molecular weight excluding hydrogens is 1290 g/mol. The van der Waals surface area contributed by atoms with Crippen LogP contribution in [-0.2, 0) is 102 Å².